The summed E-state index contributed by atoms with van der Waals surface area (Å²) in [6.45, 7) is 0. The molecule has 0 bridgehead atoms. The van der Waals surface area contributed by atoms with E-state index in [1.54, 1.807) is 0 Å². The number of hydrogen-bond acceptors (Lipinski definition) is 1. The Morgan fingerprint density at radius 2 is 1.14 bits per heavy atom. The van der Waals surface area contributed by atoms with Gasteiger partial charge in [-0.25, -0.2) is 0 Å². The first-order valence-corrected chi connectivity index (χ1v) is 1.19. The topological polar surface area (TPSA) is 52.0 Å². The van der Waals surface area contributed by atoms with Crippen LogP contribution < -0.4 is 36.3 Å². The van der Waals surface area contributed by atoms with Crippen molar-refractivity contribution in [1.82, 2.24) is 0 Å². The minimum atomic E-state index is 0. The first kappa shape index (κ1) is 24.1. The average molecular weight is 259 g/mol. The molecule has 0 unspecified atom stereocenters. The number of nitrogens with two attached hydrogens (primary N) is 2. The van der Waals surface area contributed by atoms with Gasteiger partial charge in [0.25, 0.3) is 0 Å². The molecule has 0 aliphatic carbocycles. The van der Waals surface area contributed by atoms with Gasteiger partial charge in [-0.2, -0.15) is 0 Å². The smallest absolute Gasteiger partial charge is 1.00 e. The standard InChI is InChI=1S/CH4N2S.Cd.2ClH/c2-1(3)4;;;/h(H4,2,3,4);;2*1H/q;+2;;/p-2. The van der Waals surface area contributed by atoms with Gasteiger partial charge >= 0.3 is 27.3 Å². The van der Waals surface area contributed by atoms with Crippen LogP contribution in [0.1, 0.15) is 0 Å². The van der Waals surface area contributed by atoms with Crippen molar-refractivity contribution in [3.63, 3.8) is 0 Å². The van der Waals surface area contributed by atoms with Crippen molar-refractivity contribution in [2.45, 2.75) is 0 Å². The van der Waals surface area contributed by atoms with Crippen LogP contribution in [0.25, 0.3) is 0 Å². The summed E-state index contributed by atoms with van der Waals surface area (Å²) >= 11 is 4.09. The average Bonchev–Trinajstić information content (AvgIpc) is 0.811. The van der Waals surface area contributed by atoms with E-state index in [2.05, 4.69) is 23.7 Å². The van der Waals surface area contributed by atoms with Crippen molar-refractivity contribution in [1.29, 1.82) is 0 Å². The normalized spacial score (nSPS) is 3.43. The summed E-state index contributed by atoms with van der Waals surface area (Å²) < 4.78 is 0. The summed E-state index contributed by atoms with van der Waals surface area (Å²) in [5.41, 5.74) is 9.24. The van der Waals surface area contributed by atoms with Gasteiger partial charge in [-0.05, 0) is 12.2 Å². The Labute approximate surface area is 80.4 Å². The fourth-order valence-corrected chi connectivity index (χ4v) is 0. The van der Waals surface area contributed by atoms with E-state index in [0.29, 0.717) is 0 Å². The molecule has 0 atom stereocenters. The molecule has 0 aromatic carbocycles. The second-order valence-electron chi connectivity index (χ2n) is 0.402. The summed E-state index contributed by atoms with van der Waals surface area (Å²) in [4.78, 5) is 0. The Morgan fingerprint density at radius 1 is 1.14 bits per heavy atom. The molecule has 0 spiro atoms. The molecule has 0 amide bonds. The molecule has 0 aromatic heterocycles. The van der Waals surface area contributed by atoms with E-state index in [1.165, 1.54) is 0 Å². The molecule has 0 saturated carbocycles. The maximum Gasteiger partial charge on any atom is 2.00 e. The minimum absolute atomic E-state index is 0. The number of rotatable bonds is 0. The van der Waals surface area contributed by atoms with Gasteiger partial charge in [0.15, 0.2) is 5.11 Å². The van der Waals surface area contributed by atoms with Crippen LogP contribution in [0.3, 0.4) is 0 Å². The van der Waals surface area contributed by atoms with Gasteiger partial charge in [-0.1, -0.05) is 0 Å². The van der Waals surface area contributed by atoms with Crippen molar-refractivity contribution in [3.8, 4) is 0 Å². The molecular weight excluding hydrogens is 255 g/mol. The Morgan fingerprint density at radius 3 is 1.14 bits per heavy atom. The molecule has 0 saturated heterocycles. The van der Waals surface area contributed by atoms with E-state index in [9.17, 15) is 0 Å². The molecule has 0 rings (SSSR count). The van der Waals surface area contributed by atoms with Crippen molar-refractivity contribution in [2.24, 2.45) is 11.5 Å². The maximum atomic E-state index is 4.62. The molecule has 0 aliphatic rings. The van der Waals surface area contributed by atoms with Crippen LogP contribution in [-0.2, 0) is 27.3 Å². The Bertz CT molecular complexity index is 38.7. The van der Waals surface area contributed by atoms with Crippen LogP contribution in [-0.4, -0.2) is 5.11 Å². The largest absolute Gasteiger partial charge is 2.00 e. The van der Waals surface area contributed by atoms with E-state index in [1.807, 2.05) is 0 Å². The number of hydrogen-bond donors (Lipinski definition) is 2. The number of halogens is 2. The zero-order chi connectivity index (χ0) is 3.58. The van der Waals surface area contributed by atoms with Gasteiger partial charge < -0.3 is 36.3 Å². The van der Waals surface area contributed by atoms with Gasteiger partial charge in [0.2, 0.25) is 0 Å². The maximum absolute atomic E-state index is 4.62. The van der Waals surface area contributed by atoms with E-state index >= 15 is 0 Å². The fraction of sp³-hybridized carbons (Fsp3) is 0. The van der Waals surface area contributed by atoms with Crippen LogP contribution in [0.15, 0.2) is 0 Å². The molecule has 0 aliphatic heterocycles. The Kier molecular flexibility index (Phi) is 54.1. The van der Waals surface area contributed by atoms with Gasteiger partial charge in [0.1, 0.15) is 0 Å². The summed E-state index contributed by atoms with van der Waals surface area (Å²) in [6.07, 6.45) is 0. The molecular formula is CH4CdCl2N2S. The Balaban J connectivity index is -0.0000000150. The third-order valence-corrected chi connectivity index (χ3v) is 0. The monoisotopic (exact) mass is 260 g/mol. The molecule has 0 aromatic rings. The van der Waals surface area contributed by atoms with Gasteiger partial charge in [0, 0.05) is 0 Å². The van der Waals surface area contributed by atoms with Crippen molar-refractivity contribution < 1.29 is 52.1 Å². The van der Waals surface area contributed by atoms with E-state index in [0.717, 1.165) is 0 Å². The molecule has 6 heteroatoms. The summed E-state index contributed by atoms with van der Waals surface area (Å²) in [7, 11) is 0. The Hall–Kier alpha value is 1.19. The summed E-state index contributed by atoms with van der Waals surface area (Å²) in [5, 5.41) is 0.000000000000000222. The molecule has 4 N–H and O–H groups in total. The van der Waals surface area contributed by atoms with Gasteiger partial charge in [0.05, 0.1) is 0 Å². The van der Waals surface area contributed by atoms with Crippen LogP contribution in [0.2, 0.25) is 0 Å². The summed E-state index contributed by atoms with van der Waals surface area (Å²) in [5.74, 6) is 0. The van der Waals surface area contributed by atoms with E-state index in [-0.39, 0.29) is 57.2 Å². The number of thiocarbonyl (C=S) groups is 1. The molecule has 0 heterocycles. The van der Waals surface area contributed by atoms with Crippen molar-refractivity contribution in [2.75, 3.05) is 0 Å². The molecule has 2 nitrogen and oxygen atoms in total. The predicted octanol–water partition coefficient (Wildman–Crippen LogP) is -6.81. The minimum Gasteiger partial charge on any atom is -1.00 e. The molecule has 0 radical (unpaired) electrons. The SMILES string of the molecule is NC(N)=S.[Cd+2].[Cl-].[Cl-]. The first-order chi connectivity index (χ1) is 1.73. The zero-order valence-corrected chi connectivity index (χ0v) is 9.89. The van der Waals surface area contributed by atoms with E-state index in [4.69, 9.17) is 0 Å². The quantitative estimate of drug-likeness (QED) is 0.336. The molecule has 7 heavy (non-hydrogen) atoms. The first-order valence-electron chi connectivity index (χ1n) is 0.781. The molecule has 40 valence electrons. The van der Waals surface area contributed by atoms with Gasteiger partial charge in [-0.3, -0.25) is 0 Å². The summed E-state index contributed by atoms with van der Waals surface area (Å²) in [6, 6.07) is 0. The van der Waals surface area contributed by atoms with E-state index < -0.39 is 0 Å². The third-order valence-electron chi connectivity index (χ3n) is 0. The van der Waals surface area contributed by atoms with Crippen molar-refractivity contribution in [3.05, 3.63) is 0 Å². The predicted molar refractivity (Wildman–Crippen MR) is 21.0 cm³/mol. The zero-order valence-electron chi connectivity index (χ0n) is 3.53. The van der Waals surface area contributed by atoms with Crippen LogP contribution in [0.5, 0.6) is 0 Å². The fourth-order valence-electron chi connectivity index (χ4n) is 0. The van der Waals surface area contributed by atoms with Crippen LogP contribution >= 0.6 is 12.2 Å². The molecule has 0 fully saturated rings. The van der Waals surface area contributed by atoms with Crippen LogP contribution in [0, 0.1) is 0 Å². The van der Waals surface area contributed by atoms with Crippen molar-refractivity contribution >= 4 is 17.3 Å². The third kappa shape index (κ3) is 136. The second kappa shape index (κ2) is 15.7. The van der Waals surface area contributed by atoms with Gasteiger partial charge in [-0.15, -0.1) is 0 Å². The van der Waals surface area contributed by atoms with Crippen LogP contribution in [0.4, 0.5) is 0 Å². The second-order valence-corrected chi connectivity index (χ2v) is 0.874.